The topological polar surface area (TPSA) is 162 Å². The Kier molecular flexibility index (Phi) is 8.66. The number of hydrogen-bond acceptors (Lipinski definition) is 8. The molecule has 1 aliphatic rings. The molecular weight excluding hydrogens is 488 g/mol. The highest BCUT2D eigenvalue weighted by Gasteiger charge is 2.27. The van der Waals surface area contributed by atoms with Crippen molar-refractivity contribution < 1.29 is 32.2 Å². The van der Waals surface area contributed by atoms with E-state index >= 15 is 0 Å². The number of ether oxygens (including phenoxy) is 1. The van der Waals surface area contributed by atoms with Crippen molar-refractivity contribution in [2.75, 3.05) is 24.6 Å². The first-order chi connectivity index (χ1) is 16.9. The Hall–Kier alpha value is -3.48. The molecule has 194 valence electrons. The zero-order valence-corrected chi connectivity index (χ0v) is 21.1. The molecule has 0 saturated carbocycles. The third kappa shape index (κ3) is 7.77. The molecule has 1 aromatic heterocycles. The van der Waals surface area contributed by atoms with Gasteiger partial charge in [0.15, 0.2) is 5.82 Å². The molecule has 1 aliphatic heterocycles. The number of nitrogens with zero attached hydrogens (tertiary/aromatic N) is 3. The summed E-state index contributed by atoms with van der Waals surface area (Å²) in [4.78, 5) is 23.8. The average Bonchev–Trinajstić information content (AvgIpc) is 3.24. The van der Waals surface area contributed by atoms with Gasteiger partial charge in [0.1, 0.15) is 11.6 Å². The third-order valence-electron chi connectivity index (χ3n) is 5.33. The van der Waals surface area contributed by atoms with Gasteiger partial charge in [-0.15, -0.1) is 0 Å². The van der Waals surface area contributed by atoms with Gasteiger partial charge >= 0.3 is 16.5 Å². The summed E-state index contributed by atoms with van der Waals surface area (Å²) in [5.41, 5.74) is 2.53. The lowest BCUT2D eigenvalue weighted by atomic mass is 10.1. The maximum Gasteiger partial charge on any atom is 0.407 e. The number of nitrogens with one attached hydrogen (secondary N) is 1. The number of fused-ring (bicyclic) bond motifs is 1. The summed E-state index contributed by atoms with van der Waals surface area (Å²) in [5, 5.41) is 14.2. The Morgan fingerprint density at radius 3 is 2.56 bits per heavy atom. The smallest absolute Gasteiger partial charge is 0.407 e. The molecular formula is C24H30N4O7S. The first kappa shape index (κ1) is 27.1. The van der Waals surface area contributed by atoms with E-state index in [4.69, 9.17) is 32.2 Å². The highest BCUT2D eigenvalue weighted by Crippen LogP contribution is 2.33. The number of anilines is 1. The molecule has 0 bridgehead atoms. The van der Waals surface area contributed by atoms with Gasteiger partial charge in [0.25, 0.3) is 0 Å². The first-order valence-corrected chi connectivity index (χ1v) is 12.7. The summed E-state index contributed by atoms with van der Waals surface area (Å²) < 4.78 is 36.8. The van der Waals surface area contributed by atoms with Crippen molar-refractivity contribution in [3.63, 3.8) is 0 Å². The molecule has 1 saturated heterocycles. The van der Waals surface area contributed by atoms with E-state index in [-0.39, 0.29) is 17.9 Å². The Balaban J connectivity index is 0.000000658. The number of benzene rings is 2. The summed E-state index contributed by atoms with van der Waals surface area (Å²) in [6.07, 6.45) is 0.429. The monoisotopic (exact) mass is 518 g/mol. The molecule has 0 spiro atoms. The molecule has 4 N–H and O–H groups in total. The molecule has 11 nitrogen and oxygen atoms in total. The number of aromatic hydroxyl groups is 1. The fourth-order valence-electron chi connectivity index (χ4n) is 3.77. The van der Waals surface area contributed by atoms with E-state index in [0.29, 0.717) is 30.5 Å². The van der Waals surface area contributed by atoms with Crippen LogP contribution in [0, 0.1) is 12.8 Å². The highest BCUT2D eigenvalue weighted by atomic mass is 32.3. The van der Waals surface area contributed by atoms with Crippen LogP contribution in [0.25, 0.3) is 22.3 Å². The molecule has 12 heteroatoms. The molecule has 2 aromatic carbocycles. The van der Waals surface area contributed by atoms with Crippen molar-refractivity contribution in [2.24, 2.45) is 5.92 Å². The standard InChI is InChI=1S/C24H28N4O3.H2O4S/c1-15(2)14-31-24(30)25-17-10-11-28(13-17)23-18-9-8-16(3)12-20(18)26-22(27-23)19-6-4-5-7-21(19)29;1-5(2,3)4/h4-9,12,15,17,29H,10-11,13-14H2,1-3H3,(H,25,30);(H2,1,2,3,4). The maximum absolute atomic E-state index is 12.1. The van der Waals surface area contributed by atoms with E-state index in [1.807, 2.05) is 51.1 Å². The lowest BCUT2D eigenvalue weighted by Gasteiger charge is -2.21. The summed E-state index contributed by atoms with van der Waals surface area (Å²) in [6.45, 7) is 7.84. The number of rotatable bonds is 5. The van der Waals surface area contributed by atoms with E-state index in [0.717, 1.165) is 35.2 Å². The van der Waals surface area contributed by atoms with Crippen LogP contribution in [0.4, 0.5) is 10.6 Å². The van der Waals surface area contributed by atoms with Gasteiger partial charge in [-0.3, -0.25) is 9.11 Å². The van der Waals surface area contributed by atoms with Gasteiger partial charge in [-0.25, -0.2) is 14.8 Å². The van der Waals surface area contributed by atoms with Crippen LogP contribution in [0.5, 0.6) is 5.75 Å². The van der Waals surface area contributed by atoms with Crippen molar-refractivity contribution in [1.29, 1.82) is 0 Å². The first-order valence-electron chi connectivity index (χ1n) is 11.4. The minimum Gasteiger partial charge on any atom is -0.507 e. The molecule has 3 aromatic rings. The summed E-state index contributed by atoms with van der Waals surface area (Å²) in [6, 6.07) is 13.2. The molecule has 1 unspecified atom stereocenters. The summed E-state index contributed by atoms with van der Waals surface area (Å²) in [5.74, 6) is 1.74. The van der Waals surface area contributed by atoms with Gasteiger partial charge in [-0.2, -0.15) is 8.42 Å². The minimum absolute atomic E-state index is 0.0105. The molecule has 4 rings (SSSR count). The normalized spacial score (nSPS) is 15.5. The van der Waals surface area contributed by atoms with Crippen molar-refractivity contribution in [1.82, 2.24) is 15.3 Å². The van der Waals surface area contributed by atoms with E-state index in [1.54, 1.807) is 12.1 Å². The fourth-order valence-corrected chi connectivity index (χ4v) is 3.77. The molecule has 36 heavy (non-hydrogen) atoms. The van der Waals surface area contributed by atoms with Crippen LogP contribution in [0.2, 0.25) is 0 Å². The maximum atomic E-state index is 12.1. The van der Waals surface area contributed by atoms with Crippen LogP contribution in [0.15, 0.2) is 42.5 Å². The number of phenols is 1. The molecule has 1 atom stereocenters. The zero-order chi connectivity index (χ0) is 26.5. The van der Waals surface area contributed by atoms with Crippen molar-refractivity contribution in [2.45, 2.75) is 33.2 Å². The lowest BCUT2D eigenvalue weighted by Crippen LogP contribution is -2.38. The predicted octanol–water partition coefficient (Wildman–Crippen LogP) is 3.62. The number of alkyl carbamates (subject to hydrolysis) is 1. The molecule has 1 amide bonds. The Bertz CT molecular complexity index is 1320. The highest BCUT2D eigenvalue weighted by molar-refractivity contribution is 7.79. The second-order valence-corrected chi connectivity index (χ2v) is 9.82. The van der Waals surface area contributed by atoms with Crippen molar-refractivity contribution in [3.05, 3.63) is 48.0 Å². The number of carbonyl (C=O) groups excluding carboxylic acids is 1. The van der Waals surface area contributed by atoms with Gasteiger partial charge in [-0.1, -0.05) is 32.0 Å². The van der Waals surface area contributed by atoms with Crippen LogP contribution in [0.3, 0.4) is 0 Å². The minimum atomic E-state index is -4.67. The van der Waals surface area contributed by atoms with E-state index in [2.05, 4.69) is 10.2 Å². The number of para-hydroxylation sites is 1. The van der Waals surface area contributed by atoms with Crippen molar-refractivity contribution >= 4 is 33.2 Å². The third-order valence-corrected chi connectivity index (χ3v) is 5.33. The van der Waals surface area contributed by atoms with Gasteiger partial charge in [0.05, 0.1) is 23.7 Å². The SMILES string of the molecule is Cc1ccc2c(N3CCC(NC(=O)OCC(C)C)C3)nc(-c3ccccc3O)nc2c1.O=S(=O)(O)O. The number of aromatic nitrogens is 2. The zero-order valence-electron chi connectivity index (χ0n) is 20.2. The predicted molar refractivity (Wildman–Crippen MR) is 135 cm³/mol. The second-order valence-electron chi connectivity index (χ2n) is 8.92. The van der Waals surface area contributed by atoms with Crippen LogP contribution >= 0.6 is 0 Å². The fraction of sp³-hybridized carbons (Fsp3) is 0.375. The Morgan fingerprint density at radius 2 is 1.89 bits per heavy atom. The average molecular weight is 519 g/mol. The van der Waals surface area contributed by atoms with Crippen LogP contribution in [-0.4, -0.2) is 64.4 Å². The van der Waals surface area contributed by atoms with Gasteiger partial charge in [-0.05, 0) is 49.1 Å². The van der Waals surface area contributed by atoms with Gasteiger partial charge < -0.3 is 20.1 Å². The largest absolute Gasteiger partial charge is 0.507 e. The molecule has 0 aliphatic carbocycles. The number of carbonyl (C=O) groups is 1. The molecule has 1 fully saturated rings. The summed E-state index contributed by atoms with van der Waals surface area (Å²) >= 11 is 0. The lowest BCUT2D eigenvalue weighted by molar-refractivity contribution is 0.130. The number of phenolic OH excluding ortho intramolecular Hbond substituents is 1. The van der Waals surface area contributed by atoms with Crippen LogP contribution in [-0.2, 0) is 15.1 Å². The molecule has 0 radical (unpaired) electrons. The van der Waals surface area contributed by atoms with Crippen LogP contribution in [0.1, 0.15) is 25.8 Å². The second kappa shape index (κ2) is 11.5. The number of hydrogen-bond donors (Lipinski definition) is 4. The number of aryl methyl sites for hydroxylation is 1. The molecule has 2 heterocycles. The van der Waals surface area contributed by atoms with Crippen molar-refractivity contribution in [3.8, 4) is 17.1 Å². The van der Waals surface area contributed by atoms with Crippen LogP contribution < -0.4 is 10.2 Å². The van der Waals surface area contributed by atoms with E-state index in [9.17, 15) is 9.90 Å². The van der Waals surface area contributed by atoms with E-state index < -0.39 is 10.4 Å². The Morgan fingerprint density at radius 1 is 1.19 bits per heavy atom. The van der Waals surface area contributed by atoms with Gasteiger partial charge in [0.2, 0.25) is 0 Å². The van der Waals surface area contributed by atoms with Gasteiger partial charge in [0, 0.05) is 18.5 Å². The summed E-state index contributed by atoms with van der Waals surface area (Å²) in [7, 11) is -4.67. The quantitative estimate of drug-likeness (QED) is 0.367. The Labute approximate surface area is 209 Å². The van der Waals surface area contributed by atoms with E-state index in [1.165, 1.54) is 0 Å². The number of amides is 1.